The molecule has 0 atom stereocenters. The maximum Gasteiger partial charge on any atom is 0.263 e. The van der Waals surface area contributed by atoms with Crippen LogP contribution in [0.3, 0.4) is 0 Å². The van der Waals surface area contributed by atoms with E-state index in [-0.39, 0.29) is 5.91 Å². The zero-order valence-electron chi connectivity index (χ0n) is 8.19. The molecule has 0 spiro atoms. The third-order valence-electron chi connectivity index (χ3n) is 1.77. The molecule has 0 bridgehead atoms. The lowest BCUT2D eigenvalue weighted by molar-refractivity contribution is 0.0749. The van der Waals surface area contributed by atoms with Gasteiger partial charge in [0.25, 0.3) is 5.91 Å². The highest BCUT2D eigenvalue weighted by Crippen LogP contribution is 2.18. The normalized spacial score (nSPS) is 10.2. The van der Waals surface area contributed by atoms with Crippen LogP contribution in [0.1, 0.15) is 9.67 Å². The summed E-state index contributed by atoms with van der Waals surface area (Å²) in [5, 5.41) is 1.85. The van der Waals surface area contributed by atoms with Gasteiger partial charge < -0.3 is 9.64 Å². The Morgan fingerprint density at radius 1 is 1.71 bits per heavy atom. The molecule has 5 heteroatoms. The minimum Gasteiger partial charge on any atom is -0.383 e. The van der Waals surface area contributed by atoms with E-state index in [1.807, 2.05) is 5.38 Å². The van der Waals surface area contributed by atoms with E-state index in [0.29, 0.717) is 18.0 Å². The van der Waals surface area contributed by atoms with Crippen molar-refractivity contribution in [3.8, 4) is 0 Å². The summed E-state index contributed by atoms with van der Waals surface area (Å²) in [6.45, 7) is 1.16. The highest BCUT2D eigenvalue weighted by Gasteiger charge is 2.12. The summed E-state index contributed by atoms with van der Waals surface area (Å²) in [7, 11) is 3.38. The molecule has 0 aliphatic rings. The quantitative estimate of drug-likeness (QED) is 0.800. The fraction of sp³-hybridized carbons (Fsp3) is 0.444. The number of carbonyl (C=O) groups excluding carboxylic acids is 1. The van der Waals surface area contributed by atoms with Crippen LogP contribution in [-0.4, -0.2) is 38.1 Å². The number of thiophene rings is 1. The van der Waals surface area contributed by atoms with Crippen molar-refractivity contribution in [2.75, 3.05) is 27.3 Å². The number of nitrogens with zero attached hydrogens (tertiary/aromatic N) is 1. The van der Waals surface area contributed by atoms with Gasteiger partial charge in [0.1, 0.15) is 0 Å². The molecule has 1 rings (SSSR count). The van der Waals surface area contributed by atoms with Gasteiger partial charge in [0.2, 0.25) is 0 Å². The van der Waals surface area contributed by atoms with E-state index >= 15 is 0 Å². The van der Waals surface area contributed by atoms with Crippen molar-refractivity contribution in [2.24, 2.45) is 0 Å². The Hall–Kier alpha value is -0.520. The molecule has 1 aromatic heterocycles. The molecule has 0 unspecified atom stereocenters. The Morgan fingerprint density at radius 2 is 2.43 bits per heavy atom. The first-order valence-electron chi connectivity index (χ1n) is 4.17. The van der Waals surface area contributed by atoms with Gasteiger partial charge in [0.05, 0.1) is 11.5 Å². The third-order valence-corrected chi connectivity index (χ3v) is 3.12. The zero-order valence-corrected chi connectivity index (χ0v) is 9.90. The molecule has 14 heavy (non-hydrogen) atoms. The molecule has 0 saturated heterocycles. The van der Waals surface area contributed by atoms with Crippen molar-refractivity contribution in [1.82, 2.24) is 4.90 Å². The molecule has 0 fully saturated rings. The van der Waals surface area contributed by atoms with E-state index in [0.717, 1.165) is 4.90 Å². The van der Waals surface area contributed by atoms with E-state index in [2.05, 4.69) is 12.6 Å². The van der Waals surface area contributed by atoms with Crippen molar-refractivity contribution in [1.29, 1.82) is 0 Å². The topological polar surface area (TPSA) is 29.5 Å². The first-order valence-corrected chi connectivity index (χ1v) is 5.49. The van der Waals surface area contributed by atoms with E-state index in [9.17, 15) is 4.79 Å². The van der Waals surface area contributed by atoms with Gasteiger partial charge >= 0.3 is 0 Å². The van der Waals surface area contributed by atoms with Crippen LogP contribution in [-0.2, 0) is 4.74 Å². The molecule has 0 aromatic carbocycles. The SMILES string of the molecule is COCCN(C)C(=O)c1cc(S)cs1. The lowest BCUT2D eigenvalue weighted by atomic mass is 10.4. The minimum absolute atomic E-state index is 0.0207. The molecule has 1 aromatic rings. The van der Waals surface area contributed by atoms with Gasteiger partial charge in [-0.25, -0.2) is 0 Å². The van der Waals surface area contributed by atoms with Gasteiger partial charge in [-0.3, -0.25) is 4.79 Å². The van der Waals surface area contributed by atoms with Gasteiger partial charge in [0, 0.05) is 31.0 Å². The first kappa shape index (κ1) is 11.6. The number of rotatable bonds is 4. The Kier molecular flexibility index (Phi) is 4.44. The number of thiol groups is 1. The molecule has 78 valence electrons. The molecule has 3 nitrogen and oxygen atoms in total. The van der Waals surface area contributed by atoms with Crippen LogP contribution in [0.15, 0.2) is 16.3 Å². The summed E-state index contributed by atoms with van der Waals surface area (Å²) in [5.74, 6) is 0.0207. The monoisotopic (exact) mass is 231 g/mol. The lowest BCUT2D eigenvalue weighted by Gasteiger charge is -2.15. The molecule has 0 N–H and O–H groups in total. The maximum absolute atomic E-state index is 11.7. The van der Waals surface area contributed by atoms with Crippen molar-refractivity contribution in [3.63, 3.8) is 0 Å². The molecule has 1 heterocycles. The Bertz CT molecular complexity index is 312. The Labute approximate surface area is 93.1 Å². The predicted octanol–water partition coefficient (Wildman–Crippen LogP) is 1.76. The van der Waals surface area contributed by atoms with Crippen molar-refractivity contribution < 1.29 is 9.53 Å². The summed E-state index contributed by atoms with van der Waals surface area (Å²) in [6.07, 6.45) is 0. The van der Waals surface area contributed by atoms with Crippen LogP contribution >= 0.6 is 24.0 Å². The van der Waals surface area contributed by atoms with Gasteiger partial charge in [-0.1, -0.05) is 0 Å². The standard InChI is InChI=1S/C9H13NO2S2/c1-10(3-4-12-2)9(11)8-5-7(13)6-14-8/h5-6,13H,3-4H2,1-2H3. The van der Waals surface area contributed by atoms with Gasteiger partial charge in [0.15, 0.2) is 0 Å². The molecular formula is C9H13NO2S2. The van der Waals surface area contributed by atoms with Gasteiger partial charge in [-0.2, -0.15) is 0 Å². The summed E-state index contributed by atoms with van der Waals surface area (Å²) in [4.78, 5) is 14.9. The lowest BCUT2D eigenvalue weighted by Crippen LogP contribution is -2.29. The second-order valence-electron chi connectivity index (χ2n) is 2.89. The maximum atomic E-state index is 11.7. The smallest absolute Gasteiger partial charge is 0.263 e. The van der Waals surface area contributed by atoms with E-state index < -0.39 is 0 Å². The van der Waals surface area contributed by atoms with Crippen LogP contribution < -0.4 is 0 Å². The number of amides is 1. The summed E-state index contributed by atoms with van der Waals surface area (Å²) in [5.41, 5.74) is 0. The number of carbonyl (C=O) groups is 1. The second-order valence-corrected chi connectivity index (χ2v) is 4.32. The molecule has 1 amide bonds. The fourth-order valence-corrected chi connectivity index (χ4v) is 2.10. The van der Waals surface area contributed by atoms with E-state index in [4.69, 9.17) is 4.74 Å². The second kappa shape index (κ2) is 5.38. The first-order chi connectivity index (χ1) is 6.65. The highest BCUT2D eigenvalue weighted by molar-refractivity contribution is 7.80. The number of methoxy groups -OCH3 is 1. The third kappa shape index (κ3) is 3.01. The Morgan fingerprint density at radius 3 is 2.93 bits per heavy atom. The number of hydrogen-bond donors (Lipinski definition) is 1. The van der Waals surface area contributed by atoms with Crippen molar-refractivity contribution in [3.05, 3.63) is 16.3 Å². The van der Waals surface area contributed by atoms with Crippen molar-refractivity contribution in [2.45, 2.75) is 4.90 Å². The summed E-state index contributed by atoms with van der Waals surface area (Å²) in [6, 6.07) is 1.78. The largest absolute Gasteiger partial charge is 0.383 e. The van der Waals surface area contributed by atoms with E-state index in [1.54, 1.807) is 25.1 Å². The average Bonchev–Trinajstić information content (AvgIpc) is 2.60. The summed E-state index contributed by atoms with van der Waals surface area (Å²) < 4.78 is 4.90. The van der Waals surface area contributed by atoms with Crippen LogP contribution in [0, 0.1) is 0 Å². The molecule has 0 aliphatic carbocycles. The van der Waals surface area contributed by atoms with Crippen LogP contribution in [0.4, 0.5) is 0 Å². The zero-order chi connectivity index (χ0) is 10.6. The molecular weight excluding hydrogens is 218 g/mol. The minimum atomic E-state index is 0.0207. The number of hydrogen-bond acceptors (Lipinski definition) is 4. The van der Waals surface area contributed by atoms with E-state index in [1.165, 1.54) is 11.3 Å². The molecule has 0 radical (unpaired) electrons. The van der Waals surface area contributed by atoms with Crippen LogP contribution in [0.2, 0.25) is 0 Å². The van der Waals surface area contributed by atoms with Crippen molar-refractivity contribution >= 4 is 29.9 Å². The van der Waals surface area contributed by atoms with Crippen LogP contribution in [0.25, 0.3) is 0 Å². The Balaban J connectivity index is 2.56. The van der Waals surface area contributed by atoms with Gasteiger partial charge in [-0.05, 0) is 6.07 Å². The number of likely N-dealkylation sites (N-methyl/N-ethyl adjacent to an activating group) is 1. The average molecular weight is 231 g/mol. The summed E-state index contributed by atoms with van der Waals surface area (Å²) >= 11 is 5.56. The fourth-order valence-electron chi connectivity index (χ4n) is 0.956. The number of ether oxygens (including phenoxy) is 1. The highest BCUT2D eigenvalue weighted by atomic mass is 32.1. The molecule has 0 aliphatic heterocycles. The van der Waals surface area contributed by atoms with Gasteiger partial charge in [-0.15, -0.1) is 24.0 Å². The molecule has 0 saturated carbocycles. The predicted molar refractivity (Wildman–Crippen MR) is 60.4 cm³/mol. The van der Waals surface area contributed by atoms with Crippen LogP contribution in [0.5, 0.6) is 0 Å².